The molecule has 0 spiro atoms. The van der Waals surface area contributed by atoms with Crippen molar-refractivity contribution in [2.24, 2.45) is 5.92 Å². The molecule has 0 aromatic heterocycles. The second-order valence-corrected chi connectivity index (χ2v) is 6.05. The van der Waals surface area contributed by atoms with Crippen molar-refractivity contribution in [3.8, 4) is 0 Å². The summed E-state index contributed by atoms with van der Waals surface area (Å²) in [5.74, 6) is 0.297. The standard InChI is InChI=1S/C10H22N2O3S/c1-4-5-7-11-10(13)12-16(14,15)8-6-9(2)3/h9H,4-8H2,1-3H3,(H2,11,12,13). The first-order chi connectivity index (χ1) is 7.37. The minimum Gasteiger partial charge on any atom is -0.337 e. The average molecular weight is 250 g/mol. The molecule has 0 heterocycles. The molecule has 0 aliphatic carbocycles. The fourth-order valence-corrected chi connectivity index (χ4v) is 2.24. The van der Waals surface area contributed by atoms with Crippen LogP contribution in [-0.4, -0.2) is 26.7 Å². The second-order valence-electron chi connectivity index (χ2n) is 4.21. The lowest BCUT2D eigenvalue weighted by Crippen LogP contribution is -2.41. The van der Waals surface area contributed by atoms with Gasteiger partial charge in [0.05, 0.1) is 5.75 Å². The van der Waals surface area contributed by atoms with Crippen LogP contribution < -0.4 is 10.0 Å². The molecule has 6 heteroatoms. The third-order valence-corrected chi connectivity index (χ3v) is 3.30. The van der Waals surface area contributed by atoms with E-state index in [2.05, 4.69) is 5.32 Å². The Bertz CT molecular complexity index is 299. The molecule has 16 heavy (non-hydrogen) atoms. The number of carbonyl (C=O) groups is 1. The van der Waals surface area contributed by atoms with Gasteiger partial charge < -0.3 is 5.32 Å². The Morgan fingerprint density at radius 2 is 1.94 bits per heavy atom. The van der Waals surface area contributed by atoms with Crippen molar-refractivity contribution in [2.45, 2.75) is 40.0 Å². The van der Waals surface area contributed by atoms with Crippen molar-refractivity contribution in [1.29, 1.82) is 0 Å². The average Bonchev–Trinajstić information content (AvgIpc) is 2.15. The van der Waals surface area contributed by atoms with Crippen LogP contribution in [-0.2, 0) is 10.0 Å². The summed E-state index contributed by atoms with van der Waals surface area (Å²) >= 11 is 0. The molecule has 0 aromatic carbocycles. The molecule has 0 saturated heterocycles. The minimum absolute atomic E-state index is 0.00807. The monoisotopic (exact) mass is 250 g/mol. The highest BCUT2D eigenvalue weighted by Crippen LogP contribution is 2.01. The zero-order valence-electron chi connectivity index (χ0n) is 10.2. The van der Waals surface area contributed by atoms with Gasteiger partial charge in [0.25, 0.3) is 0 Å². The van der Waals surface area contributed by atoms with Crippen molar-refractivity contribution in [1.82, 2.24) is 10.0 Å². The zero-order chi connectivity index (χ0) is 12.6. The van der Waals surface area contributed by atoms with Gasteiger partial charge in [0.15, 0.2) is 0 Å². The summed E-state index contributed by atoms with van der Waals surface area (Å²) in [6.07, 6.45) is 2.36. The third-order valence-electron chi connectivity index (χ3n) is 2.03. The van der Waals surface area contributed by atoms with Crippen molar-refractivity contribution >= 4 is 16.1 Å². The van der Waals surface area contributed by atoms with Crippen LogP contribution in [0, 0.1) is 5.92 Å². The summed E-state index contributed by atoms with van der Waals surface area (Å²) in [5, 5.41) is 2.50. The van der Waals surface area contributed by atoms with Gasteiger partial charge in [-0.05, 0) is 18.8 Å². The maximum atomic E-state index is 11.4. The molecule has 0 aromatic rings. The van der Waals surface area contributed by atoms with E-state index in [0.717, 1.165) is 12.8 Å². The number of rotatable bonds is 7. The van der Waals surface area contributed by atoms with E-state index < -0.39 is 16.1 Å². The lowest BCUT2D eigenvalue weighted by Gasteiger charge is -2.09. The normalized spacial score (nSPS) is 11.5. The maximum Gasteiger partial charge on any atom is 0.328 e. The molecule has 0 rings (SSSR count). The number of urea groups is 1. The molecule has 0 unspecified atom stereocenters. The summed E-state index contributed by atoms with van der Waals surface area (Å²) < 4.78 is 24.8. The fourth-order valence-electron chi connectivity index (χ4n) is 0.998. The Balaban J connectivity index is 3.91. The summed E-state index contributed by atoms with van der Waals surface area (Å²) in [7, 11) is -3.48. The highest BCUT2D eigenvalue weighted by molar-refractivity contribution is 7.90. The highest BCUT2D eigenvalue weighted by Gasteiger charge is 2.14. The van der Waals surface area contributed by atoms with Crippen LogP contribution in [0.4, 0.5) is 4.79 Å². The molecule has 0 saturated carbocycles. The molecule has 0 aliphatic heterocycles. The largest absolute Gasteiger partial charge is 0.337 e. The van der Waals surface area contributed by atoms with Gasteiger partial charge in [-0.3, -0.25) is 0 Å². The zero-order valence-corrected chi connectivity index (χ0v) is 11.1. The highest BCUT2D eigenvalue weighted by atomic mass is 32.2. The van der Waals surface area contributed by atoms with E-state index in [1.807, 2.05) is 25.5 Å². The number of carbonyl (C=O) groups excluding carboxylic acids is 1. The molecule has 0 atom stereocenters. The van der Waals surface area contributed by atoms with Crippen molar-refractivity contribution in [3.63, 3.8) is 0 Å². The molecular weight excluding hydrogens is 228 g/mol. The fraction of sp³-hybridized carbons (Fsp3) is 0.900. The van der Waals surface area contributed by atoms with Gasteiger partial charge in [-0.1, -0.05) is 27.2 Å². The molecule has 96 valence electrons. The number of hydrogen-bond acceptors (Lipinski definition) is 3. The maximum absolute atomic E-state index is 11.4. The first-order valence-corrected chi connectivity index (χ1v) is 7.31. The number of unbranched alkanes of at least 4 members (excludes halogenated alkanes) is 1. The number of nitrogens with one attached hydrogen (secondary N) is 2. The van der Waals surface area contributed by atoms with Crippen LogP contribution in [0.25, 0.3) is 0 Å². The number of sulfonamides is 1. The summed E-state index contributed by atoms with van der Waals surface area (Å²) in [5.41, 5.74) is 0. The third kappa shape index (κ3) is 8.52. The minimum atomic E-state index is -3.48. The van der Waals surface area contributed by atoms with Crippen LogP contribution in [0.1, 0.15) is 40.0 Å². The van der Waals surface area contributed by atoms with Gasteiger partial charge in [0.2, 0.25) is 10.0 Å². The van der Waals surface area contributed by atoms with E-state index in [1.165, 1.54) is 0 Å². The number of hydrogen-bond donors (Lipinski definition) is 2. The van der Waals surface area contributed by atoms with Gasteiger partial charge in [-0.15, -0.1) is 0 Å². The van der Waals surface area contributed by atoms with E-state index in [1.54, 1.807) is 0 Å². The van der Waals surface area contributed by atoms with Crippen molar-refractivity contribution in [2.75, 3.05) is 12.3 Å². The van der Waals surface area contributed by atoms with E-state index in [0.29, 0.717) is 18.9 Å². The lowest BCUT2D eigenvalue weighted by atomic mass is 10.2. The van der Waals surface area contributed by atoms with Crippen molar-refractivity contribution in [3.05, 3.63) is 0 Å². The molecule has 0 fully saturated rings. The van der Waals surface area contributed by atoms with Gasteiger partial charge in [-0.2, -0.15) is 0 Å². The van der Waals surface area contributed by atoms with Crippen LogP contribution in [0.3, 0.4) is 0 Å². The summed E-state index contributed by atoms with van der Waals surface area (Å²) in [6.45, 7) is 6.38. The molecule has 0 aliphatic rings. The van der Waals surface area contributed by atoms with Crippen LogP contribution in [0.5, 0.6) is 0 Å². The van der Waals surface area contributed by atoms with E-state index in [9.17, 15) is 13.2 Å². The molecule has 2 N–H and O–H groups in total. The van der Waals surface area contributed by atoms with Crippen LogP contribution >= 0.6 is 0 Å². The van der Waals surface area contributed by atoms with Gasteiger partial charge in [0.1, 0.15) is 0 Å². The smallest absolute Gasteiger partial charge is 0.328 e. The Morgan fingerprint density at radius 1 is 1.31 bits per heavy atom. The van der Waals surface area contributed by atoms with Crippen LogP contribution in [0.2, 0.25) is 0 Å². The van der Waals surface area contributed by atoms with Crippen molar-refractivity contribution < 1.29 is 13.2 Å². The van der Waals surface area contributed by atoms with Gasteiger partial charge in [0, 0.05) is 6.54 Å². The van der Waals surface area contributed by atoms with Gasteiger partial charge in [-0.25, -0.2) is 17.9 Å². The Kier molecular flexibility index (Phi) is 7.12. The predicted molar refractivity (Wildman–Crippen MR) is 64.7 cm³/mol. The van der Waals surface area contributed by atoms with E-state index in [4.69, 9.17) is 0 Å². The predicted octanol–water partition coefficient (Wildman–Crippen LogP) is 1.46. The molecule has 0 radical (unpaired) electrons. The van der Waals surface area contributed by atoms with Crippen LogP contribution in [0.15, 0.2) is 0 Å². The van der Waals surface area contributed by atoms with E-state index >= 15 is 0 Å². The SMILES string of the molecule is CCCCNC(=O)NS(=O)(=O)CCC(C)C. The molecule has 0 bridgehead atoms. The Labute approximate surface area is 98.0 Å². The summed E-state index contributed by atoms with van der Waals surface area (Å²) in [4.78, 5) is 11.2. The van der Waals surface area contributed by atoms with Gasteiger partial charge >= 0.3 is 6.03 Å². The topological polar surface area (TPSA) is 75.3 Å². The number of amides is 2. The lowest BCUT2D eigenvalue weighted by molar-refractivity contribution is 0.245. The molecular formula is C10H22N2O3S. The molecule has 5 nitrogen and oxygen atoms in total. The Morgan fingerprint density at radius 3 is 2.44 bits per heavy atom. The summed E-state index contributed by atoms with van der Waals surface area (Å²) in [6, 6.07) is -0.628. The Hall–Kier alpha value is -0.780. The second kappa shape index (κ2) is 7.49. The molecule has 2 amide bonds. The first kappa shape index (κ1) is 15.2. The van der Waals surface area contributed by atoms with E-state index in [-0.39, 0.29) is 5.75 Å². The quantitative estimate of drug-likeness (QED) is 0.672. The first-order valence-electron chi connectivity index (χ1n) is 5.65.